The molecule has 1 aliphatic carbocycles. The fourth-order valence-electron chi connectivity index (χ4n) is 4.93. The fourth-order valence-corrected chi connectivity index (χ4v) is 4.93. The van der Waals surface area contributed by atoms with Crippen LogP contribution in [-0.2, 0) is 14.0 Å². The maximum absolute atomic E-state index is 12.3. The molecule has 0 N–H and O–H groups in total. The van der Waals surface area contributed by atoms with Crippen molar-refractivity contribution in [3.05, 3.63) is 23.8 Å². The predicted octanol–water partition coefficient (Wildman–Crippen LogP) is 5.67. The second kappa shape index (κ2) is 9.97. The zero-order chi connectivity index (χ0) is 25.4. The summed E-state index contributed by atoms with van der Waals surface area (Å²) in [4.78, 5) is 14.1. The SMILES string of the molecule is CC(C)(C)OC(=O)N1CCC(CCOc2ccc(B3OC(C)(C)C(C)(C)O3)cc2C2CCC2)CC1. The average molecular weight is 485 g/mol. The summed E-state index contributed by atoms with van der Waals surface area (Å²) in [6.07, 6.45) is 6.52. The number of hydrogen-bond acceptors (Lipinski definition) is 5. The predicted molar refractivity (Wildman–Crippen MR) is 139 cm³/mol. The van der Waals surface area contributed by atoms with Gasteiger partial charge >= 0.3 is 13.2 Å². The van der Waals surface area contributed by atoms with E-state index in [1.54, 1.807) is 0 Å². The van der Waals surface area contributed by atoms with Gasteiger partial charge in [-0.15, -0.1) is 0 Å². The normalized spacial score (nSPS) is 22.7. The summed E-state index contributed by atoms with van der Waals surface area (Å²) >= 11 is 0. The molecule has 0 spiro atoms. The Balaban J connectivity index is 1.32. The van der Waals surface area contributed by atoms with E-state index in [-0.39, 0.29) is 24.4 Å². The summed E-state index contributed by atoms with van der Waals surface area (Å²) in [6, 6.07) is 6.46. The van der Waals surface area contributed by atoms with E-state index in [9.17, 15) is 4.79 Å². The molecule has 1 amide bonds. The molecule has 0 bridgehead atoms. The van der Waals surface area contributed by atoms with Gasteiger partial charge in [0.1, 0.15) is 11.4 Å². The largest absolute Gasteiger partial charge is 0.494 e. The summed E-state index contributed by atoms with van der Waals surface area (Å²) in [5.41, 5.74) is 1.23. The Morgan fingerprint density at radius 1 is 1.06 bits per heavy atom. The zero-order valence-electron chi connectivity index (χ0n) is 22.8. The highest BCUT2D eigenvalue weighted by Gasteiger charge is 2.51. The smallest absolute Gasteiger partial charge is 0.493 e. The molecule has 35 heavy (non-hydrogen) atoms. The van der Waals surface area contributed by atoms with Crippen LogP contribution in [0.25, 0.3) is 0 Å². The highest BCUT2D eigenvalue weighted by atomic mass is 16.7. The van der Waals surface area contributed by atoms with Gasteiger partial charge in [0, 0.05) is 13.1 Å². The van der Waals surface area contributed by atoms with Crippen molar-refractivity contribution in [1.29, 1.82) is 0 Å². The first-order valence-corrected chi connectivity index (χ1v) is 13.4. The number of carbonyl (C=O) groups excluding carboxylic acids is 1. The van der Waals surface area contributed by atoms with E-state index < -0.39 is 5.60 Å². The fraction of sp³-hybridized carbons (Fsp3) is 0.750. The van der Waals surface area contributed by atoms with E-state index in [2.05, 4.69) is 45.9 Å². The highest BCUT2D eigenvalue weighted by Crippen LogP contribution is 2.41. The second-order valence-electron chi connectivity index (χ2n) is 12.6. The van der Waals surface area contributed by atoms with Gasteiger partial charge in [-0.1, -0.05) is 18.6 Å². The first-order chi connectivity index (χ1) is 16.3. The van der Waals surface area contributed by atoms with Crippen molar-refractivity contribution >= 4 is 18.7 Å². The number of benzene rings is 1. The van der Waals surface area contributed by atoms with E-state index in [1.165, 1.54) is 24.8 Å². The summed E-state index contributed by atoms with van der Waals surface area (Å²) in [5, 5.41) is 0. The van der Waals surface area contributed by atoms with Crippen molar-refractivity contribution in [1.82, 2.24) is 4.90 Å². The van der Waals surface area contributed by atoms with Crippen LogP contribution in [0.4, 0.5) is 4.79 Å². The van der Waals surface area contributed by atoms with Crippen molar-refractivity contribution in [2.75, 3.05) is 19.7 Å². The maximum Gasteiger partial charge on any atom is 0.494 e. The summed E-state index contributed by atoms with van der Waals surface area (Å²) in [5.74, 6) is 2.13. The Kier molecular flexibility index (Phi) is 7.50. The van der Waals surface area contributed by atoms with E-state index >= 15 is 0 Å². The molecule has 1 aromatic carbocycles. The third-order valence-corrected chi connectivity index (χ3v) is 8.15. The molecular weight excluding hydrogens is 441 g/mol. The molecule has 0 unspecified atom stereocenters. The second-order valence-corrected chi connectivity index (χ2v) is 12.6. The van der Waals surface area contributed by atoms with Gasteiger partial charge in [0.05, 0.1) is 17.8 Å². The summed E-state index contributed by atoms with van der Waals surface area (Å²) in [6.45, 7) is 16.3. The number of likely N-dealkylation sites (tertiary alicyclic amines) is 1. The molecule has 3 aliphatic rings. The number of rotatable bonds is 6. The molecule has 7 heteroatoms. The monoisotopic (exact) mass is 485 g/mol. The molecule has 1 aromatic rings. The molecule has 0 aromatic heterocycles. The number of piperidine rings is 1. The van der Waals surface area contributed by atoms with Crippen molar-refractivity contribution in [3.8, 4) is 5.75 Å². The topological polar surface area (TPSA) is 57.2 Å². The van der Waals surface area contributed by atoms with Crippen LogP contribution in [-0.4, -0.2) is 54.6 Å². The molecule has 3 fully saturated rings. The van der Waals surface area contributed by atoms with Gasteiger partial charge in [-0.2, -0.15) is 0 Å². The van der Waals surface area contributed by atoms with E-state index in [0.717, 1.165) is 43.6 Å². The molecule has 6 nitrogen and oxygen atoms in total. The van der Waals surface area contributed by atoms with Gasteiger partial charge in [-0.05, 0) is 109 Å². The van der Waals surface area contributed by atoms with Gasteiger partial charge in [0.2, 0.25) is 0 Å². The van der Waals surface area contributed by atoms with Gasteiger partial charge in [-0.25, -0.2) is 4.79 Å². The van der Waals surface area contributed by atoms with Gasteiger partial charge in [0.15, 0.2) is 0 Å². The van der Waals surface area contributed by atoms with Crippen molar-refractivity contribution in [3.63, 3.8) is 0 Å². The minimum atomic E-state index is -0.447. The van der Waals surface area contributed by atoms with Crippen LogP contribution in [0.2, 0.25) is 0 Å². The number of hydrogen-bond donors (Lipinski definition) is 0. The minimum Gasteiger partial charge on any atom is -0.493 e. The Labute approximate surface area is 212 Å². The molecule has 0 radical (unpaired) electrons. The van der Waals surface area contributed by atoms with Crippen LogP contribution in [0.1, 0.15) is 98.5 Å². The van der Waals surface area contributed by atoms with Crippen molar-refractivity contribution in [2.45, 2.75) is 110 Å². The highest BCUT2D eigenvalue weighted by molar-refractivity contribution is 6.62. The van der Waals surface area contributed by atoms with Crippen molar-refractivity contribution < 1.29 is 23.6 Å². The van der Waals surface area contributed by atoms with E-state index in [4.69, 9.17) is 18.8 Å². The average Bonchev–Trinajstić information content (AvgIpc) is 2.94. The Morgan fingerprint density at radius 2 is 1.69 bits per heavy atom. The third kappa shape index (κ3) is 6.16. The number of carbonyl (C=O) groups is 1. The Morgan fingerprint density at radius 3 is 2.23 bits per heavy atom. The maximum atomic E-state index is 12.3. The van der Waals surface area contributed by atoms with Crippen LogP contribution in [0.15, 0.2) is 18.2 Å². The summed E-state index contributed by atoms with van der Waals surface area (Å²) in [7, 11) is -0.344. The summed E-state index contributed by atoms with van der Waals surface area (Å²) < 4.78 is 24.4. The lowest BCUT2D eigenvalue weighted by atomic mass is 9.73. The first-order valence-electron chi connectivity index (χ1n) is 13.4. The molecule has 194 valence electrons. The van der Waals surface area contributed by atoms with Gasteiger partial charge < -0.3 is 23.7 Å². The standard InChI is InChI=1S/C28H44BNO5/c1-26(2,3)33-25(31)30-16-13-20(14-17-30)15-18-32-24-12-11-22(19-23(24)21-9-8-10-21)29-34-27(4,5)28(6,7)35-29/h11-12,19-21H,8-10,13-18H2,1-7H3. The third-order valence-electron chi connectivity index (χ3n) is 8.15. The molecular formula is C28H44BNO5. The van der Waals surface area contributed by atoms with Crippen LogP contribution >= 0.6 is 0 Å². The van der Waals surface area contributed by atoms with Gasteiger partial charge in [-0.3, -0.25) is 0 Å². The first kappa shape index (κ1) is 26.3. The van der Waals surface area contributed by atoms with Crippen LogP contribution in [0, 0.1) is 5.92 Å². The zero-order valence-corrected chi connectivity index (χ0v) is 22.8. The van der Waals surface area contributed by atoms with E-state index in [1.807, 2.05) is 25.7 Å². The van der Waals surface area contributed by atoms with Gasteiger partial charge in [0.25, 0.3) is 0 Å². The molecule has 2 aliphatic heterocycles. The van der Waals surface area contributed by atoms with Crippen molar-refractivity contribution in [2.24, 2.45) is 5.92 Å². The van der Waals surface area contributed by atoms with Crippen LogP contribution < -0.4 is 10.2 Å². The Bertz CT molecular complexity index is 881. The Hall–Kier alpha value is -1.73. The molecule has 2 saturated heterocycles. The number of nitrogens with zero attached hydrogens (tertiary/aromatic N) is 1. The number of ether oxygens (including phenoxy) is 2. The molecule has 1 saturated carbocycles. The van der Waals surface area contributed by atoms with Crippen LogP contribution in [0.3, 0.4) is 0 Å². The molecule has 2 heterocycles. The quantitative estimate of drug-likeness (QED) is 0.486. The lowest BCUT2D eigenvalue weighted by Gasteiger charge is -2.33. The lowest BCUT2D eigenvalue weighted by molar-refractivity contribution is 0.00578. The minimum absolute atomic E-state index is 0.195. The number of amides is 1. The molecule has 4 rings (SSSR count). The molecule has 0 atom stereocenters. The van der Waals surface area contributed by atoms with Crippen LogP contribution in [0.5, 0.6) is 5.75 Å². The lowest BCUT2D eigenvalue weighted by Crippen LogP contribution is -2.41. The van der Waals surface area contributed by atoms with E-state index in [0.29, 0.717) is 18.4 Å².